The number of rotatable bonds is 11. The fourth-order valence-electron chi connectivity index (χ4n) is 4.15. The van der Waals surface area contributed by atoms with Crippen LogP contribution < -0.4 is 5.32 Å². The molecule has 2 aromatic rings. The molecule has 0 bridgehead atoms. The van der Waals surface area contributed by atoms with Crippen LogP contribution in [0, 0.1) is 5.92 Å². The van der Waals surface area contributed by atoms with Gasteiger partial charge in [-0.1, -0.05) is 62.2 Å². The molecular weight excluding hydrogens is 537 g/mol. The molecule has 0 unspecified atom stereocenters. The Balaban J connectivity index is 1.76. The molecule has 0 saturated carbocycles. The molecule has 0 saturated heterocycles. The molecule has 3 rings (SSSR count). The summed E-state index contributed by atoms with van der Waals surface area (Å²) < 4.78 is 26.4. The average Bonchev–Trinajstić information content (AvgIpc) is 3.05. The van der Waals surface area contributed by atoms with Gasteiger partial charge >= 0.3 is 0 Å². The van der Waals surface area contributed by atoms with E-state index < -0.39 is 22.0 Å². The highest BCUT2D eigenvalue weighted by molar-refractivity contribution is 7.90. The Labute approximate surface area is 228 Å². The SMILES string of the molecule is CC[C@@H](C(=O)NCC(C)C)N(Cc1ccc(Cl)c(Cl)c1)C(=O)CCCN1C(=O)c2ccccc2S1(=O)=O. The number of fused-ring (bicyclic) bond motifs is 1. The van der Waals surface area contributed by atoms with E-state index in [-0.39, 0.29) is 54.1 Å². The van der Waals surface area contributed by atoms with Gasteiger partial charge in [-0.3, -0.25) is 14.4 Å². The lowest BCUT2D eigenvalue weighted by Gasteiger charge is -2.31. The van der Waals surface area contributed by atoms with Crippen molar-refractivity contribution in [1.29, 1.82) is 0 Å². The van der Waals surface area contributed by atoms with E-state index in [4.69, 9.17) is 23.2 Å². The van der Waals surface area contributed by atoms with Crippen LogP contribution in [0.25, 0.3) is 0 Å². The summed E-state index contributed by atoms with van der Waals surface area (Å²) in [6.07, 6.45) is 0.440. The summed E-state index contributed by atoms with van der Waals surface area (Å²) in [5, 5.41) is 3.60. The maximum absolute atomic E-state index is 13.4. The molecule has 8 nitrogen and oxygen atoms in total. The van der Waals surface area contributed by atoms with E-state index in [9.17, 15) is 22.8 Å². The van der Waals surface area contributed by atoms with Crippen molar-refractivity contribution >= 4 is 50.9 Å². The predicted molar refractivity (Wildman–Crippen MR) is 143 cm³/mol. The molecule has 1 atom stereocenters. The monoisotopic (exact) mass is 567 g/mol. The van der Waals surface area contributed by atoms with Crippen LogP contribution in [-0.2, 0) is 26.2 Å². The van der Waals surface area contributed by atoms with Gasteiger partial charge in [-0.25, -0.2) is 12.7 Å². The molecule has 1 heterocycles. The number of halogens is 2. The van der Waals surface area contributed by atoms with Gasteiger partial charge in [0.2, 0.25) is 11.8 Å². The first-order valence-electron chi connectivity index (χ1n) is 12.1. The highest BCUT2D eigenvalue weighted by Gasteiger charge is 2.40. The molecule has 1 aliphatic heterocycles. The standard InChI is InChI=1S/C26H31Cl2N3O5S/c1-4-22(25(33)29-15-17(2)3)30(16-18-11-12-20(27)21(28)14-18)24(32)10-7-13-31-26(34)19-8-5-6-9-23(19)37(31,35)36/h5-6,8-9,11-12,14,17,22H,4,7,10,13,15-16H2,1-3H3,(H,29,33)/t22-/m0/s1. The molecule has 0 aromatic heterocycles. The molecule has 1 N–H and O–H groups in total. The van der Waals surface area contributed by atoms with Crippen molar-refractivity contribution < 1.29 is 22.8 Å². The van der Waals surface area contributed by atoms with Crippen molar-refractivity contribution in [3.63, 3.8) is 0 Å². The fraction of sp³-hybridized carbons (Fsp3) is 0.423. The number of carbonyl (C=O) groups excluding carboxylic acids is 3. The summed E-state index contributed by atoms with van der Waals surface area (Å²) in [5.74, 6) is -0.962. The molecule has 2 aromatic carbocycles. The van der Waals surface area contributed by atoms with Crippen molar-refractivity contribution in [2.75, 3.05) is 13.1 Å². The number of carbonyl (C=O) groups is 3. The number of sulfonamides is 1. The van der Waals surface area contributed by atoms with Crippen LogP contribution in [0.15, 0.2) is 47.4 Å². The van der Waals surface area contributed by atoms with Crippen LogP contribution >= 0.6 is 23.2 Å². The summed E-state index contributed by atoms with van der Waals surface area (Å²) in [5.41, 5.74) is 0.827. The summed E-state index contributed by atoms with van der Waals surface area (Å²) >= 11 is 12.2. The van der Waals surface area contributed by atoms with E-state index in [1.54, 1.807) is 30.3 Å². The minimum Gasteiger partial charge on any atom is -0.354 e. The van der Waals surface area contributed by atoms with Crippen LogP contribution in [0.1, 0.15) is 56.0 Å². The van der Waals surface area contributed by atoms with Gasteiger partial charge in [0, 0.05) is 26.1 Å². The Morgan fingerprint density at radius 1 is 1.08 bits per heavy atom. The second-order valence-electron chi connectivity index (χ2n) is 9.32. The summed E-state index contributed by atoms with van der Waals surface area (Å²) in [6.45, 7) is 6.23. The van der Waals surface area contributed by atoms with E-state index in [1.807, 2.05) is 20.8 Å². The maximum atomic E-state index is 13.4. The van der Waals surface area contributed by atoms with E-state index in [2.05, 4.69) is 5.32 Å². The Kier molecular flexibility index (Phi) is 9.61. The van der Waals surface area contributed by atoms with Crippen LogP contribution in [0.4, 0.5) is 0 Å². The van der Waals surface area contributed by atoms with Gasteiger partial charge in [0.25, 0.3) is 15.9 Å². The van der Waals surface area contributed by atoms with E-state index >= 15 is 0 Å². The third-order valence-corrected chi connectivity index (χ3v) is 8.65. The zero-order valence-corrected chi connectivity index (χ0v) is 23.4. The van der Waals surface area contributed by atoms with Crippen LogP contribution in [0.5, 0.6) is 0 Å². The largest absolute Gasteiger partial charge is 0.354 e. The van der Waals surface area contributed by atoms with Gasteiger partial charge in [0.15, 0.2) is 0 Å². The first-order valence-corrected chi connectivity index (χ1v) is 14.3. The molecule has 0 spiro atoms. The van der Waals surface area contributed by atoms with Gasteiger partial charge in [0.05, 0.1) is 15.6 Å². The summed E-state index contributed by atoms with van der Waals surface area (Å²) in [4.78, 5) is 40.5. The minimum atomic E-state index is -3.95. The number of nitrogens with one attached hydrogen (secondary N) is 1. The lowest BCUT2D eigenvalue weighted by molar-refractivity contribution is -0.141. The molecule has 3 amide bonds. The quantitative estimate of drug-likeness (QED) is 0.430. The molecular formula is C26H31Cl2N3O5S. The van der Waals surface area contributed by atoms with Crippen LogP contribution in [-0.4, -0.2) is 54.5 Å². The third-order valence-electron chi connectivity index (χ3n) is 6.07. The molecule has 0 fully saturated rings. The molecule has 200 valence electrons. The van der Waals surface area contributed by atoms with Gasteiger partial charge in [0.1, 0.15) is 10.9 Å². The number of hydrogen-bond acceptors (Lipinski definition) is 5. The highest BCUT2D eigenvalue weighted by atomic mass is 35.5. The average molecular weight is 569 g/mol. The summed E-state index contributed by atoms with van der Waals surface area (Å²) in [6, 6.07) is 10.3. The lowest BCUT2D eigenvalue weighted by Crippen LogP contribution is -2.49. The Bertz CT molecular complexity index is 1280. The third kappa shape index (κ3) is 6.64. The van der Waals surface area contributed by atoms with Crippen molar-refractivity contribution in [2.45, 2.75) is 57.5 Å². The van der Waals surface area contributed by atoms with Gasteiger partial charge in [-0.2, -0.15) is 0 Å². The predicted octanol–water partition coefficient (Wildman–Crippen LogP) is 4.50. The lowest BCUT2D eigenvalue weighted by atomic mass is 10.1. The van der Waals surface area contributed by atoms with Crippen LogP contribution in [0.3, 0.4) is 0 Å². The van der Waals surface area contributed by atoms with E-state index in [0.29, 0.717) is 28.6 Å². The van der Waals surface area contributed by atoms with Crippen molar-refractivity contribution in [2.24, 2.45) is 5.92 Å². The zero-order chi connectivity index (χ0) is 27.3. The van der Waals surface area contributed by atoms with Gasteiger partial charge in [-0.15, -0.1) is 0 Å². The van der Waals surface area contributed by atoms with Crippen molar-refractivity contribution in [1.82, 2.24) is 14.5 Å². The minimum absolute atomic E-state index is 0.0274. The normalized spacial score (nSPS) is 15.0. The molecule has 0 radical (unpaired) electrons. The highest BCUT2D eigenvalue weighted by Crippen LogP contribution is 2.30. The first kappa shape index (κ1) is 28.9. The van der Waals surface area contributed by atoms with Crippen molar-refractivity contribution in [3.05, 3.63) is 63.6 Å². The first-order chi connectivity index (χ1) is 17.5. The second-order valence-corrected chi connectivity index (χ2v) is 12.0. The maximum Gasteiger partial charge on any atom is 0.269 e. The topological polar surface area (TPSA) is 104 Å². The second kappa shape index (κ2) is 12.3. The van der Waals surface area contributed by atoms with E-state index in [0.717, 1.165) is 4.31 Å². The number of hydrogen-bond donors (Lipinski definition) is 1. The molecule has 11 heteroatoms. The molecule has 0 aliphatic carbocycles. The van der Waals surface area contributed by atoms with E-state index in [1.165, 1.54) is 17.0 Å². The van der Waals surface area contributed by atoms with Gasteiger partial charge < -0.3 is 10.2 Å². The molecule has 1 aliphatic rings. The fourth-order valence-corrected chi connectivity index (χ4v) is 6.07. The number of amides is 3. The Hall–Kier alpha value is -2.62. The number of benzene rings is 2. The Morgan fingerprint density at radius 2 is 1.78 bits per heavy atom. The van der Waals surface area contributed by atoms with Gasteiger partial charge in [-0.05, 0) is 48.6 Å². The smallest absolute Gasteiger partial charge is 0.269 e. The van der Waals surface area contributed by atoms with Crippen molar-refractivity contribution in [3.8, 4) is 0 Å². The summed E-state index contributed by atoms with van der Waals surface area (Å²) in [7, 11) is -3.95. The number of nitrogens with zero attached hydrogens (tertiary/aromatic N) is 2. The Morgan fingerprint density at radius 3 is 2.41 bits per heavy atom. The molecule has 37 heavy (non-hydrogen) atoms. The zero-order valence-electron chi connectivity index (χ0n) is 21.0. The van der Waals surface area contributed by atoms with Crippen LogP contribution in [0.2, 0.25) is 10.0 Å².